The van der Waals surface area contributed by atoms with Gasteiger partial charge in [0, 0.05) is 16.8 Å². The van der Waals surface area contributed by atoms with E-state index in [1.165, 1.54) is 38.9 Å². The lowest BCUT2D eigenvalue weighted by Gasteiger charge is -2.27. The number of rotatable bonds is 6. The summed E-state index contributed by atoms with van der Waals surface area (Å²) in [5, 5.41) is 2.20. The van der Waals surface area contributed by atoms with Gasteiger partial charge in [0.2, 0.25) is 0 Å². The van der Waals surface area contributed by atoms with Crippen LogP contribution in [0.5, 0.6) is 0 Å². The molecule has 0 N–H and O–H groups in total. The third-order valence-electron chi connectivity index (χ3n) is 10.2. The number of nitrogens with zero attached hydrogens (tertiary/aromatic N) is 1. The molecule has 0 bridgehead atoms. The summed E-state index contributed by atoms with van der Waals surface area (Å²) in [6.45, 7) is 13.7. The minimum atomic E-state index is 0.0381. The summed E-state index contributed by atoms with van der Waals surface area (Å²) < 4.78 is 6.70. The van der Waals surface area contributed by atoms with Crippen molar-refractivity contribution < 1.29 is 4.42 Å². The molecule has 0 aliphatic carbocycles. The van der Waals surface area contributed by atoms with E-state index < -0.39 is 0 Å². The summed E-state index contributed by atoms with van der Waals surface area (Å²) in [4.78, 5) is 2.36. The Bertz CT molecular complexity index is 2380. The molecule has 0 aliphatic heterocycles. The van der Waals surface area contributed by atoms with Crippen LogP contribution in [0.3, 0.4) is 0 Å². The lowest BCUT2D eigenvalue weighted by molar-refractivity contribution is 0.569. The summed E-state index contributed by atoms with van der Waals surface area (Å²) in [5.41, 5.74) is 14.9. The molecule has 1 aromatic heterocycles. The Kier molecular flexibility index (Phi) is 8.35. The molecule has 0 unspecified atom stereocenters. The second-order valence-electron chi connectivity index (χ2n) is 15.9. The Labute approximate surface area is 308 Å². The summed E-state index contributed by atoms with van der Waals surface area (Å²) >= 11 is 0. The summed E-state index contributed by atoms with van der Waals surface area (Å²) in [6.07, 6.45) is 0. The van der Waals surface area contributed by atoms with E-state index in [1.807, 2.05) is 0 Å². The summed E-state index contributed by atoms with van der Waals surface area (Å²) in [6, 6.07) is 59.1. The minimum Gasteiger partial charge on any atom is -0.456 e. The van der Waals surface area contributed by atoms with Crippen molar-refractivity contribution in [3.05, 3.63) is 175 Å². The highest BCUT2D eigenvalue weighted by molar-refractivity contribution is 6.14. The third kappa shape index (κ3) is 6.42. The fourth-order valence-corrected chi connectivity index (χ4v) is 7.13. The average Bonchev–Trinajstić information content (AvgIpc) is 3.54. The van der Waals surface area contributed by atoms with Crippen LogP contribution in [-0.4, -0.2) is 0 Å². The van der Waals surface area contributed by atoms with Crippen LogP contribution < -0.4 is 4.90 Å². The first-order valence-electron chi connectivity index (χ1n) is 18.3. The van der Waals surface area contributed by atoms with Gasteiger partial charge in [-0.1, -0.05) is 157 Å². The molecule has 0 aliphatic rings. The molecule has 0 saturated heterocycles. The molecular weight excluding hydrogens is 631 g/mol. The van der Waals surface area contributed by atoms with E-state index in [0.717, 1.165) is 44.6 Å². The minimum absolute atomic E-state index is 0.0381. The SMILES string of the molecule is CC(C)(C)c1cc(-c2ccc3c(c2)oc2cccc(N(c4ccc(-c5ccccc5)cc4)c4ccc(-c5ccccc5)cc4)c23)cc(C(C)(C)C)c1. The van der Waals surface area contributed by atoms with Crippen molar-refractivity contribution >= 4 is 39.0 Å². The highest BCUT2D eigenvalue weighted by atomic mass is 16.3. The number of hydrogen-bond donors (Lipinski definition) is 0. The van der Waals surface area contributed by atoms with E-state index in [-0.39, 0.29) is 10.8 Å². The van der Waals surface area contributed by atoms with Gasteiger partial charge in [0.05, 0.1) is 11.1 Å². The molecule has 0 atom stereocenters. The van der Waals surface area contributed by atoms with Gasteiger partial charge < -0.3 is 9.32 Å². The predicted molar refractivity (Wildman–Crippen MR) is 222 cm³/mol. The molecule has 0 fully saturated rings. The van der Waals surface area contributed by atoms with E-state index >= 15 is 0 Å². The van der Waals surface area contributed by atoms with E-state index in [2.05, 4.69) is 210 Å². The zero-order valence-electron chi connectivity index (χ0n) is 30.9. The Hall–Kier alpha value is -5.86. The Morgan fingerprint density at radius 2 is 0.865 bits per heavy atom. The van der Waals surface area contributed by atoms with Gasteiger partial charge in [-0.3, -0.25) is 0 Å². The van der Waals surface area contributed by atoms with Gasteiger partial charge in [-0.2, -0.15) is 0 Å². The Morgan fingerprint density at radius 1 is 0.385 bits per heavy atom. The molecule has 52 heavy (non-hydrogen) atoms. The summed E-state index contributed by atoms with van der Waals surface area (Å²) in [5.74, 6) is 0. The molecule has 0 amide bonds. The zero-order chi connectivity index (χ0) is 36.0. The van der Waals surface area contributed by atoms with E-state index in [0.29, 0.717) is 0 Å². The van der Waals surface area contributed by atoms with Crippen LogP contribution in [0.1, 0.15) is 52.7 Å². The van der Waals surface area contributed by atoms with Crippen molar-refractivity contribution in [1.29, 1.82) is 0 Å². The molecule has 2 nitrogen and oxygen atoms in total. The quantitative estimate of drug-likeness (QED) is 0.174. The molecular formula is C50H45NO. The monoisotopic (exact) mass is 675 g/mol. The van der Waals surface area contributed by atoms with Crippen molar-refractivity contribution in [2.75, 3.05) is 4.90 Å². The average molecular weight is 676 g/mol. The molecule has 8 rings (SSSR count). The molecule has 0 saturated carbocycles. The zero-order valence-corrected chi connectivity index (χ0v) is 30.9. The highest BCUT2D eigenvalue weighted by Gasteiger charge is 2.23. The first kappa shape index (κ1) is 33.3. The van der Waals surface area contributed by atoms with Crippen LogP contribution >= 0.6 is 0 Å². The first-order chi connectivity index (χ1) is 25.0. The molecule has 7 aromatic carbocycles. The molecule has 8 aromatic rings. The van der Waals surface area contributed by atoms with Gasteiger partial charge in [0.15, 0.2) is 0 Å². The van der Waals surface area contributed by atoms with Gasteiger partial charge in [-0.25, -0.2) is 0 Å². The second kappa shape index (κ2) is 13.0. The van der Waals surface area contributed by atoms with Gasteiger partial charge >= 0.3 is 0 Å². The van der Waals surface area contributed by atoms with Crippen LogP contribution in [0.4, 0.5) is 17.1 Å². The van der Waals surface area contributed by atoms with Crippen LogP contribution in [0.2, 0.25) is 0 Å². The van der Waals surface area contributed by atoms with Crippen molar-refractivity contribution in [2.45, 2.75) is 52.4 Å². The molecule has 0 spiro atoms. The molecule has 2 heteroatoms. The summed E-state index contributed by atoms with van der Waals surface area (Å²) in [7, 11) is 0. The third-order valence-corrected chi connectivity index (χ3v) is 10.2. The first-order valence-corrected chi connectivity index (χ1v) is 18.3. The molecule has 1 heterocycles. The lowest BCUT2D eigenvalue weighted by Crippen LogP contribution is -2.16. The predicted octanol–water partition coefficient (Wildman–Crippen LogP) is 14.7. The second-order valence-corrected chi connectivity index (χ2v) is 15.9. The van der Waals surface area contributed by atoms with Crippen molar-refractivity contribution in [1.82, 2.24) is 0 Å². The van der Waals surface area contributed by atoms with Crippen molar-refractivity contribution in [3.63, 3.8) is 0 Å². The smallest absolute Gasteiger partial charge is 0.137 e. The van der Waals surface area contributed by atoms with Crippen molar-refractivity contribution in [2.24, 2.45) is 0 Å². The maximum atomic E-state index is 6.70. The normalized spacial score (nSPS) is 12.0. The topological polar surface area (TPSA) is 16.4 Å². The molecule has 0 radical (unpaired) electrons. The van der Waals surface area contributed by atoms with Crippen LogP contribution in [0, 0.1) is 0 Å². The lowest BCUT2D eigenvalue weighted by atomic mass is 9.79. The maximum Gasteiger partial charge on any atom is 0.137 e. The van der Waals surface area contributed by atoms with E-state index in [1.54, 1.807) is 0 Å². The van der Waals surface area contributed by atoms with Gasteiger partial charge in [0.1, 0.15) is 11.2 Å². The molecule has 256 valence electrons. The standard InChI is InChI=1S/C50H45NO/c1-49(2,3)40-30-39(31-41(33-40)50(4,5)6)38-24-29-44-47(32-38)52-46-19-13-18-45(48(44)46)51(42-25-20-36(21-26-42)34-14-9-7-10-15-34)43-27-22-37(23-28-43)35-16-11-8-12-17-35/h7-33H,1-6H3. The van der Waals surface area contributed by atoms with Crippen LogP contribution in [0.25, 0.3) is 55.3 Å². The Balaban J connectivity index is 1.27. The number of benzene rings is 7. The maximum absolute atomic E-state index is 6.70. The van der Waals surface area contributed by atoms with E-state index in [4.69, 9.17) is 4.42 Å². The number of fused-ring (bicyclic) bond motifs is 3. The van der Waals surface area contributed by atoms with Gasteiger partial charge in [-0.15, -0.1) is 0 Å². The van der Waals surface area contributed by atoms with E-state index in [9.17, 15) is 0 Å². The van der Waals surface area contributed by atoms with Gasteiger partial charge in [0.25, 0.3) is 0 Å². The highest BCUT2D eigenvalue weighted by Crippen LogP contribution is 2.44. The number of hydrogen-bond acceptors (Lipinski definition) is 2. The number of furan rings is 1. The van der Waals surface area contributed by atoms with Gasteiger partial charge in [-0.05, 0) is 104 Å². The fraction of sp³-hybridized carbons (Fsp3) is 0.160. The van der Waals surface area contributed by atoms with Crippen LogP contribution in [-0.2, 0) is 10.8 Å². The largest absolute Gasteiger partial charge is 0.456 e. The van der Waals surface area contributed by atoms with Crippen LogP contribution in [0.15, 0.2) is 168 Å². The van der Waals surface area contributed by atoms with Crippen molar-refractivity contribution in [3.8, 4) is 33.4 Å². The number of anilines is 3. The fourth-order valence-electron chi connectivity index (χ4n) is 7.13. The Morgan fingerprint density at radius 3 is 1.37 bits per heavy atom.